The molecule has 0 unspecified atom stereocenters. The first kappa shape index (κ1) is 18.4. The number of fused-ring (bicyclic) bond motifs is 1. The second-order valence-electron chi connectivity index (χ2n) is 5.89. The number of likely N-dealkylation sites (N-methyl/N-ethyl adjacent to an activating group) is 1. The summed E-state index contributed by atoms with van der Waals surface area (Å²) >= 11 is 0. The normalized spacial score (nSPS) is 11.4. The highest BCUT2D eigenvalue weighted by molar-refractivity contribution is 6.04. The fourth-order valence-corrected chi connectivity index (χ4v) is 2.83. The number of nitrogens with two attached hydrogens (primary N) is 1. The third-order valence-corrected chi connectivity index (χ3v) is 4.17. The molecular formula is C21H20FN3O2. The number of carbonyl (C=O) groups is 1. The van der Waals surface area contributed by atoms with Gasteiger partial charge >= 0.3 is 0 Å². The first-order valence-electron chi connectivity index (χ1n) is 8.59. The Kier molecular flexibility index (Phi) is 5.66. The summed E-state index contributed by atoms with van der Waals surface area (Å²) < 4.78 is 12.9. The highest BCUT2D eigenvalue weighted by atomic mass is 19.1. The first-order chi connectivity index (χ1) is 13.1. The summed E-state index contributed by atoms with van der Waals surface area (Å²) in [4.78, 5) is 19.4. The van der Waals surface area contributed by atoms with Crippen molar-refractivity contribution >= 4 is 28.2 Å². The van der Waals surface area contributed by atoms with Gasteiger partial charge in [-0.3, -0.25) is 4.79 Å². The standard InChI is InChI=1S/C21H20FN3O2/c1-2-25(19-9-5-7-15-6-3-4-8-18(15)19)20(26)14-27-24-21(23)16-10-12-17(22)13-11-16/h3-13H,2,14H2,1H3,(H2,23,24). The summed E-state index contributed by atoms with van der Waals surface area (Å²) in [7, 11) is 0. The molecule has 3 aromatic rings. The van der Waals surface area contributed by atoms with Crippen molar-refractivity contribution in [3.05, 3.63) is 78.1 Å². The van der Waals surface area contributed by atoms with E-state index in [1.54, 1.807) is 4.90 Å². The number of halogens is 1. The van der Waals surface area contributed by atoms with Crippen LogP contribution in [0.15, 0.2) is 71.9 Å². The van der Waals surface area contributed by atoms with E-state index in [2.05, 4.69) is 5.16 Å². The highest BCUT2D eigenvalue weighted by Crippen LogP contribution is 2.26. The van der Waals surface area contributed by atoms with Crippen molar-refractivity contribution < 1.29 is 14.0 Å². The molecule has 138 valence electrons. The minimum Gasteiger partial charge on any atom is -0.384 e. The number of hydrogen-bond donors (Lipinski definition) is 1. The fourth-order valence-electron chi connectivity index (χ4n) is 2.83. The van der Waals surface area contributed by atoms with E-state index in [0.29, 0.717) is 12.1 Å². The van der Waals surface area contributed by atoms with Gasteiger partial charge in [0, 0.05) is 17.5 Å². The highest BCUT2D eigenvalue weighted by Gasteiger charge is 2.16. The van der Waals surface area contributed by atoms with Gasteiger partial charge in [-0.25, -0.2) is 4.39 Å². The lowest BCUT2D eigenvalue weighted by Gasteiger charge is -2.22. The molecule has 0 fully saturated rings. The predicted molar refractivity (Wildman–Crippen MR) is 105 cm³/mol. The summed E-state index contributed by atoms with van der Waals surface area (Å²) in [5.41, 5.74) is 7.14. The van der Waals surface area contributed by atoms with Gasteiger partial charge in [0.25, 0.3) is 5.91 Å². The molecule has 27 heavy (non-hydrogen) atoms. The molecule has 0 heterocycles. The van der Waals surface area contributed by atoms with Crippen LogP contribution in [0.5, 0.6) is 0 Å². The maximum absolute atomic E-state index is 12.9. The van der Waals surface area contributed by atoms with Gasteiger partial charge in [-0.1, -0.05) is 41.6 Å². The van der Waals surface area contributed by atoms with Gasteiger partial charge < -0.3 is 15.5 Å². The Labute approximate surface area is 156 Å². The number of rotatable bonds is 6. The van der Waals surface area contributed by atoms with Crippen molar-refractivity contribution in [1.29, 1.82) is 0 Å². The first-order valence-corrected chi connectivity index (χ1v) is 8.59. The van der Waals surface area contributed by atoms with E-state index in [4.69, 9.17) is 10.6 Å². The molecule has 0 saturated heterocycles. The molecule has 1 amide bonds. The summed E-state index contributed by atoms with van der Waals surface area (Å²) in [6.45, 7) is 2.14. The van der Waals surface area contributed by atoms with Gasteiger partial charge in [0.1, 0.15) is 5.82 Å². The van der Waals surface area contributed by atoms with Crippen LogP contribution in [0, 0.1) is 5.82 Å². The van der Waals surface area contributed by atoms with Crippen LogP contribution in [0.25, 0.3) is 10.8 Å². The molecule has 0 aliphatic heterocycles. The van der Waals surface area contributed by atoms with Crippen molar-refractivity contribution in [1.82, 2.24) is 0 Å². The lowest BCUT2D eigenvalue weighted by Crippen LogP contribution is -2.33. The van der Waals surface area contributed by atoms with Crippen LogP contribution in [0.2, 0.25) is 0 Å². The van der Waals surface area contributed by atoms with Gasteiger partial charge in [0.15, 0.2) is 12.4 Å². The lowest BCUT2D eigenvalue weighted by atomic mass is 10.1. The number of amidine groups is 1. The molecule has 3 rings (SSSR count). The van der Waals surface area contributed by atoms with Crippen molar-refractivity contribution in [2.24, 2.45) is 10.9 Å². The number of oxime groups is 1. The fraction of sp³-hybridized carbons (Fsp3) is 0.143. The molecule has 0 aliphatic rings. The Balaban J connectivity index is 1.72. The van der Waals surface area contributed by atoms with E-state index in [-0.39, 0.29) is 24.2 Å². The average Bonchev–Trinajstić information content (AvgIpc) is 2.69. The molecule has 0 bridgehead atoms. The van der Waals surface area contributed by atoms with Gasteiger partial charge in [0.05, 0.1) is 5.69 Å². The van der Waals surface area contributed by atoms with Crippen molar-refractivity contribution in [3.8, 4) is 0 Å². The summed E-state index contributed by atoms with van der Waals surface area (Å²) in [5.74, 6) is -0.517. The lowest BCUT2D eigenvalue weighted by molar-refractivity contribution is -0.123. The van der Waals surface area contributed by atoms with E-state index in [0.717, 1.165) is 16.5 Å². The van der Waals surface area contributed by atoms with Gasteiger partial charge in [-0.05, 0) is 42.6 Å². The maximum Gasteiger partial charge on any atom is 0.267 e. The number of amides is 1. The zero-order valence-electron chi connectivity index (χ0n) is 14.9. The number of carbonyl (C=O) groups excluding carboxylic acids is 1. The van der Waals surface area contributed by atoms with Crippen molar-refractivity contribution in [3.63, 3.8) is 0 Å². The van der Waals surface area contributed by atoms with E-state index in [9.17, 15) is 9.18 Å². The predicted octanol–water partition coefficient (Wildman–Crippen LogP) is 3.67. The summed E-state index contributed by atoms with van der Waals surface area (Å²) in [5, 5.41) is 5.81. The second kappa shape index (κ2) is 8.31. The molecule has 0 saturated carbocycles. The Morgan fingerprint density at radius 2 is 1.78 bits per heavy atom. The zero-order chi connectivity index (χ0) is 19.2. The van der Waals surface area contributed by atoms with Crippen molar-refractivity contribution in [2.75, 3.05) is 18.1 Å². The molecule has 5 nitrogen and oxygen atoms in total. The number of hydrogen-bond acceptors (Lipinski definition) is 3. The average molecular weight is 365 g/mol. The van der Waals surface area contributed by atoms with Gasteiger partial charge in [-0.15, -0.1) is 0 Å². The van der Waals surface area contributed by atoms with E-state index in [1.807, 2.05) is 49.4 Å². The molecule has 0 atom stereocenters. The second-order valence-corrected chi connectivity index (χ2v) is 5.89. The van der Waals surface area contributed by atoms with E-state index < -0.39 is 0 Å². The Bertz CT molecular complexity index is 965. The van der Waals surface area contributed by atoms with Crippen LogP contribution in [0.1, 0.15) is 12.5 Å². The maximum atomic E-state index is 12.9. The third-order valence-electron chi connectivity index (χ3n) is 4.17. The van der Waals surface area contributed by atoms with Crippen LogP contribution >= 0.6 is 0 Å². The van der Waals surface area contributed by atoms with Crippen LogP contribution in [0.3, 0.4) is 0 Å². The quantitative estimate of drug-likeness (QED) is 0.412. The number of anilines is 1. The van der Waals surface area contributed by atoms with Crippen molar-refractivity contribution in [2.45, 2.75) is 6.92 Å². The molecule has 0 radical (unpaired) electrons. The smallest absolute Gasteiger partial charge is 0.267 e. The monoisotopic (exact) mass is 365 g/mol. The molecule has 0 aromatic heterocycles. The molecule has 2 N–H and O–H groups in total. The van der Waals surface area contributed by atoms with Crippen LogP contribution in [-0.4, -0.2) is 24.9 Å². The minimum atomic E-state index is -0.365. The van der Waals surface area contributed by atoms with E-state index >= 15 is 0 Å². The topological polar surface area (TPSA) is 67.9 Å². The largest absolute Gasteiger partial charge is 0.384 e. The zero-order valence-corrected chi connectivity index (χ0v) is 14.9. The molecule has 0 aliphatic carbocycles. The Hall–Kier alpha value is -3.41. The Morgan fingerprint density at radius 1 is 1.07 bits per heavy atom. The molecule has 0 spiro atoms. The van der Waals surface area contributed by atoms with E-state index in [1.165, 1.54) is 24.3 Å². The van der Waals surface area contributed by atoms with Crippen LogP contribution in [-0.2, 0) is 9.63 Å². The van der Waals surface area contributed by atoms with Gasteiger partial charge in [-0.2, -0.15) is 0 Å². The summed E-state index contributed by atoms with van der Waals surface area (Å²) in [6, 6.07) is 19.2. The third kappa shape index (κ3) is 4.23. The van der Waals surface area contributed by atoms with Crippen LogP contribution in [0.4, 0.5) is 10.1 Å². The van der Waals surface area contributed by atoms with Gasteiger partial charge in [0.2, 0.25) is 0 Å². The number of benzene rings is 3. The number of nitrogens with zero attached hydrogens (tertiary/aromatic N) is 2. The minimum absolute atomic E-state index is 0.0796. The molecule has 3 aromatic carbocycles. The Morgan fingerprint density at radius 3 is 2.52 bits per heavy atom. The summed E-state index contributed by atoms with van der Waals surface area (Å²) in [6.07, 6.45) is 0. The SMILES string of the molecule is CCN(C(=O)CO/N=C(\N)c1ccc(F)cc1)c1cccc2ccccc12. The van der Waals surface area contributed by atoms with Crippen LogP contribution < -0.4 is 10.6 Å². The molecule has 6 heteroatoms. The molecular weight excluding hydrogens is 345 g/mol.